The van der Waals surface area contributed by atoms with E-state index in [0.29, 0.717) is 0 Å². The Kier molecular flexibility index (Phi) is 4.16. The minimum Gasteiger partial charge on any atom is -0.260 e. The van der Waals surface area contributed by atoms with E-state index in [1.807, 2.05) is 18.3 Å². The fourth-order valence-electron chi connectivity index (χ4n) is 1.22. The van der Waals surface area contributed by atoms with Crippen molar-refractivity contribution in [3.8, 4) is 0 Å². The summed E-state index contributed by atoms with van der Waals surface area (Å²) in [6, 6.07) is 6.06. The summed E-state index contributed by atoms with van der Waals surface area (Å²) in [5, 5.41) is 0. The summed E-state index contributed by atoms with van der Waals surface area (Å²) in [4.78, 5) is 4.29. The van der Waals surface area contributed by atoms with Crippen LogP contribution in [0.2, 0.25) is 0 Å². The van der Waals surface area contributed by atoms with E-state index in [9.17, 15) is 0 Å². The zero-order chi connectivity index (χ0) is 9.68. The predicted octanol–water partition coefficient (Wildman–Crippen LogP) is 2.94. The van der Waals surface area contributed by atoms with Crippen LogP contribution in [0, 0.1) is 5.92 Å². The Bertz CT molecular complexity index is 267. The van der Waals surface area contributed by atoms with E-state index in [4.69, 9.17) is 0 Å². The molecule has 0 bridgehead atoms. The molecule has 0 aliphatic carbocycles. The first-order chi connectivity index (χ1) is 6.18. The smallest absolute Gasteiger partial charge is 0.0497 e. The Morgan fingerprint density at radius 1 is 1.46 bits per heavy atom. The first kappa shape index (κ1) is 10.5. The molecule has 0 amide bonds. The molecule has 1 heterocycles. The molecule has 0 aromatic carbocycles. The van der Waals surface area contributed by atoms with Crippen LogP contribution in [0.1, 0.15) is 19.5 Å². The molecule has 0 radical (unpaired) electrons. The van der Waals surface area contributed by atoms with Gasteiger partial charge in [-0.05, 0) is 23.8 Å². The normalized spacial score (nSPS) is 13.2. The van der Waals surface area contributed by atoms with E-state index in [0.717, 1.165) is 11.7 Å². The van der Waals surface area contributed by atoms with Gasteiger partial charge in [0.25, 0.3) is 0 Å². The van der Waals surface area contributed by atoms with Crippen LogP contribution in [0.15, 0.2) is 24.4 Å². The van der Waals surface area contributed by atoms with Crippen molar-refractivity contribution in [1.29, 1.82) is 0 Å². The Balaban J connectivity index is 2.46. The van der Waals surface area contributed by atoms with Crippen LogP contribution in [-0.4, -0.2) is 16.6 Å². The second-order valence-corrected chi connectivity index (χ2v) is 5.49. The average Bonchev–Trinajstić information content (AvgIpc) is 2.04. The molecule has 1 rings (SSSR count). The molecule has 1 unspecified atom stereocenters. The van der Waals surface area contributed by atoms with Gasteiger partial charge in [0.1, 0.15) is 0 Å². The van der Waals surface area contributed by atoms with E-state index in [1.165, 1.54) is 11.4 Å². The second kappa shape index (κ2) is 5.18. The van der Waals surface area contributed by atoms with Crippen LogP contribution in [0.4, 0.5) is 0 Å². The second-order valence-electron chi connectivity index (χ2n) is 3.64. The van der Waals surface area contributed by atoms with Gasteiger partial charge in [-0.2, -0.15) is 10.5 Å². The van der Waals surface area contributed by atoms with Gasteiger partial charge in [0.2, 0.25) is 0 Å². The molecule has 1 aromatic heterocycles. The molecular formula is C11H17NS. The molecule has 1 nitrogen and oxygen atoms in total. The number of nitrogens with zero attached hydrogens (tertiary/aromatic N) is 1. The van der Waals surface area contributed by atoms with Gasteiger partial charge in [-0.15, -0.1) is 0 Å². The van der Waals surface area contributed by atoms with Crippen molar-refractivity contribution in [2.24, 2.45) is 5.92 Å². The third kappa shape index (κ3) is 4.23. The molecular weight excluding hydrogens is 178 g/mol. The molecule has 0 saturated carbocycles. The molecule has 0 fully saturated rings. The van der Waals surface area contributed by atoms with E-state index in [1.54, 1.807) is 0 Å². The summed E-state index contributed by atoms with van der Waals surface area (Å²) >= 11 is 0. The van der Waals surface area contributed by atoms with Crippen LogP contribution < -0.4 is 0 Å². The summed E-state index contributed by atoms with van der Waals surface area (Å²) in [5.41, 5.74) is 1.17. The van der Waals surface area contributed by atoms with Crippen LogP contribution in [0.5, 0.6) is 0 Å². The molecule has 0 aliphatic heterocycles. The van der Waals surface area contributed by atoms with Crippen LogP contribution >= 0.6 is 10.5 Å². The Morgan fingerprint density at radius 2 is 2.23 bits per heavy atom. The van der Waals surface area contributed by atoms with Crippen molar-refractivity contribution in [2.75, 3.05) is 5.75 Å². The quantitative estimate of drug-likeness (QED) is 0.673. The number of hydrogen-bond acceptors (Lipinski definition) is 1. The van der Waals surface area contributed by atoms with Crippen molar-refractivity contribution in [3.63, 3.8) is 0 Å². The fraction of sp³-hybridized carbons (Fsp3) is 0.455. The van der Waals surface area contributed by atoms with Gasteiger partial charge >= 0.3 is 0 Å². The third-order valence-electron chi connectivity index (χ3n) is 1.65. The van der Waals surface area contributed by atoms with E-state index >= 15 is 0 Å². The van der Waals surface area contributed by atoms with E-state index in [2.05, 4.69) is 30.8 Å². The Labute approximate surface area is 83.1 Å². The zero-order valence-electron chi connectivity index (χ0n) is 8.36. The highest BCUT2D eigenvalue weighted by Crippen LogP contribution is 2.19. The van der Waals surface area contributed by atoms with Crippen molar-refractivity contribution in [1.82, 2.24) is 4.98 Å². The molecule has 0 N–H and O–H groups in total. The summed E-state index contributed by atoms with van der Waals surface area (Å²) in [5.74, 6) is 7.13. The van der Waals surface area contributed by atoms with Gasteiger partial charge in [-0.25, -0.2) is 0 Å². The van der Waals surface area contributed by atoms with Gasteiger partial charge < -0.3 is 0 Å². The monoisotopic (exact) mass is 195 g/mol. The van der Waals surface area contributed by atoms with E-state index in [-0.39, 0.29) is 10.5 Å². The standard InChI is InChI=1S/C11H17NS/c1-10(2)8-13(3)9-11-6-4-5-7-12-11/h4-7,10H,3,8-9H2,1-2H3. The molecule has 0 saturated heterocycles. The van der Waals surface area contributed by atoms with Crippen LogP contribution in [-0.2, 0) is 5.75 Å². The lowest BCUT2D eigenvalue weighted by molar-refractivity contribution is 0.749. The van der Waals surface area contributed by atoms with Gasteiger partial charge in [-0.3, -0.25) is 4.98 Å². The molecule has 1 atom stereocenters. The predicted molar refractivity (Wildman–Crippen MR) is 62.4 cm³/mol. The SMILES string of the molecule is C=S(Cc1ccccn1)CC(C)C. The van der Waals surface area contributed by atoms with Gasteiger partial charge in [0.05, 0.1) is 0 Å². The Hall–Kier alpha value is -0.630. The Morgan fingerprint density at radius 3 is 2.77 bits per heavy atom. The van der Waals surface area contributed by atoms with Crippen LogP contribution in [0.25, 0.3) is 0 Å². The van der Waals surface area contributed by atoms with Crippen molar-refractivity contribution in [2.45, 2.75) is 19.6 Å². The summed E-state index contributed by atoms with van der Waals surface area (Å²) in [6.07, 6.45) is 1.85. The van der Waals surface area contributed by atoms with Crippen LogP contribution in [0.3, 0.4) is 0 Å². The highest BCUT2D eigenvalue weighted by atomic mass is 32.2. The number of hydrogen-bond donors (Lipinski definition) is 0. The van der Waals surface area contributed by atoms with Crippen molar-refractivity contribution >= 4 is 16.4 Å². The molecule has 0 spiro atoms. The van der Waals surface area contributed by atoms with Crippen molar-refractivity contribution < 1.29 is 0 Å². The summed E-state index contributed by atoms with van der Waals surface area (Å²) in [6.45, 7) is 4.48. The minimum absolute atomic E-state index is 0.236. The first-order valence-electron chi connectivity index (χ1n) is 4.55. The maximum Gasteiger partial charge on any atom is 0.0497 e. The number of pyridine rings is 1. The molecule has 0 aliphatic rings. The lowest BCUT2D eigenvalue weighted by atomic mass is 10.3. The topological polar surface area (TPSA) is 12.9 Å². The average molecular weight is 195 g/mol. The summed E-state index contributed by atoms with van der Waals surface area (Å²) < 4.78 is 0. The minimum atomic E-state index is 0.236. The lowest BCUT2D eigenvalue weighted by Crippen LogP contribution is -1.95. The lowest BCUT2D eigenvalue weighted by Gasteiger charge is -2.09. The van der Waals surface area contributed by atoms with E-state index < -0.39 is 0 Å². The highest BCUT2D eigenvalue weighted by Gasteiger charge is 1.99. The molecule has 2 heteroatoms. The highest BCUT2D eigenvalue weighted by molar-refractivity contribution is 8.13. The van der Waals surface area contributed by atoms with Gasteiger partial charge in [0, 0.05) is 17.6 Å². The molecule has 72 valence electrons. The third-order valence-corrected chi connectivity index (χ3v) is 3.49. The summed E-state index contributed by atoms with van der Waals surface area (Å²) in [7, 11) is 0.236. The maximum atomic E-state index is 4.29. The van der Waals surface area contributed by atoms with Gasteiger partial charge in [-0.1, -0.05) is 25.8 Å². The first-order valence-corrected chi connectivity index (χ1v) is 6.29. The van der Waals surface area contributed by atoms with Crippen molar-refractivity contribution in [3.05, 3.63) is 30.1 Å². The number of aromatic nitrogens is 1. The number of rotatable bonds is 4. The zero-order valence-corrected chi connectivity index (χ0v) is 9.18. The van der Waals surface area contributed by atoms with Gasteiger partial charge in [0.15, 0.2) is 0 Å². The molecule has 13 heavy (non-hydrogen) atoms. The molecule has 1 aromatic rings. The fourth-order valence-corrected chi connectivity index (χ4v) is 2.87. The maximum absolute atomic E-state index is 4.29. The largest absolute Gasteiger partial charge is 0.260 e.